The van der Waals surface area contributed by atoms with Gasteiger partial charge in [-0.05, 0) is 42.8 Å². The van der Waals surface area contributed by atoms with E-state index < -0.39 is 26.6 Å². The summed E-state index contributed by atoms with van der Waals surface area (Å²) in [5.41, 5.74) is 1.73. The summed E-state index contributed by atoms with van der Waals surface area (Å²) in [4.78, 5) is 13.3. The van der Waals surface area contributed by atoms with E-state index in [4.69, 9.17) is 0 Å². The van der Waals surface area contributed by atoms with E-state index in [1.807, 2.05) is 30.0 Å². The van der Waals surface area contributed by atoms with Gasteiger partial charge < -0.3 is 5.32 Å². The van der Waals surface area contributed by atoms with Crippen LogP contribution >= 0.6 is 0 Å². The van der Waals surface area contributed by atoms with E-state index in [0.29, 0.717) is 24.8 Å². The van der Waals surface area contributed by atoms with Crippen molar-refractivity contribution in [2.24, 2.45) is 0 Å². The van der Waals surface area contributed by atoms with Crippen LogP contribution in [0.15, 0.2) is 47.4 Å². The monoisotopic (exact) mass is 409 g/mol. The number of benzene rings is 2. The number of nitrogens with one attached hydrogen (secondary N) is 1. The van der Waals surface area contributed by atoms with E-state index in [2.05, 4.69) is 5.32 Å². The van der Waals surface area contributed by atoms with Crippen LogP contribution in [-0.2, 0) is 14.8 Å². The summed E-state index contributed by atoms with van der Waals surface area (Å²) in [5, 5.41) is 2.81. The molecule has 1 fully saturated rings. The molecule has 150 valence electrons. The van der Waals surface area contributed by atoms with E-state index in [1.54, 1.807) is 6.07 Å². The van der Waals surface area contributed by atoms with Crippen LogP contribution in [0.2, 0.25) is 0 Å². The number of carbonyl (C=O) groups is 1. The van der Waals surface area contributed by atoms with Crippen molar-refractivity contribution >= 4 is 21.6 Å². The van der Waals surface area contributed by atoms with Crippen molar-refractivity contribution in [3.63, 3.8) is 0 Å². The van der Waals surface area contributed by atoms with Crippen LogP contribution in [0.25, 0.3) is 0 Å². The minimum absolute atomic E-state index is 0.0933. The number of sulfonamides is 1. The van der Waals surface area contributed by atoms with Crippen molar-refractivity contribution < 1.29 is 22.0 Å². The number of nitrogens with zero attached hydrogens (tertiary/aromatic N) is 2. The van der Waals surface area contributed by atoms with E-state index in [-0.39, 0.29) is 25.5 Å². The third-order valence-corrected chi connectivity index (χ3v) is 6.43. The van der Waals surface area contributed by atoms with Crippen LogP contribution in [0.1, 0.15) is 5.56 Å². The number of amides is 1. The molecule has 1 aliphatic heterocycles. The zero-order valence-electron chi connectivity index (χ0n) is 15.4. The molecule has 9 heteroatoms. The van der Waals surface area contributed by atoms with Gasteiger partial charge in [0, 0.05) is 31.9 Å². The van der Waals surface area contributed by atoms with Gasteiger partial charge in [0.15, 0.2) is 0 Å². The van der Waals surface area contributed by atoms with Crippen molar-refractivity contribution in [1.82, 2.24) is 9.21 Å². The zero-order valence-corrected chi connectivity index (χ0v) is 16.2. The smallest absolute Gasteiger partial charge is 0.246 e. The molecule has 0 unspecified atom stereocenters. The molecule has 6 nitrogen and oxygen atoms in total. The van der Waals surface area contributed by atoms with Gasteiger partial charge in [-0.15, -0.1) is 0 Å². The molecular weight excluding hydrogens is 388 g/mol. The first-order valence-corrected chi connectivity index (χ1v) is 10.2. The Hall–Kier alpha value is -2.36. The van der Waals surface area contributed by atoms with Gasteiger partial charge in [-0.2, -0.15) is 4.31 Å². The molecule has 2 aromatic rings. The Labute approximate surface area is 162 Å². The number of piperazine rings is 1. The van der Waals surface area contributed by atoms with E-state index in [1.165, 1.54) is 0 Å². The van der Waals surface area contributed by atoms with E-state index in [0.717, 1.165) is 22.0 Å². The molecule has 1 N–H and O–H groups in total. The fourth-order valence-corrected chi connectivity index (χ4v) is 4.57. The molecule has 0 radical (unpaired) electrons. The third kappa shape index (κ3) is 4.73. The van der Waals surface area contributed by atoms with Crippen molar-refractivity contribution in [3.05, 3.63) is 59.7 Å². The summed E-state index contributed by atoms with van der Waals surface area (Å²) in [6, 6.07) is 9.79. The van der Waals surface area contributed by atoms with Gasteiger partial charge in [0.1, 0.15) is 16.5 Å². The molecule has 28 heavy (non-hydrogen) atoms. The topological polar surface area (TPSA) is 69.7 Å². The largest absolute Gasteiger partial charge is 0.325 e. The van der Waals surface area contributed by atoms with Crippen LogP contribution in [0.3, 0.4) is 0 Å². The molecule has 1 heterocycles. The highest BCUT2D eigenvalue weighted by molar-refractivity contribution is 7.89. The van der Waals surface area contributed by atoms with Gasteiger partial charge in [-0.3, -0.25) is 9.69 Å². The quantitative estimate of drug-likeness (QED) is 0.822. The first-order chi connectivity index (χ1) is 13.3. The van der Waals surface area contributed by atoms with Gasteiger partial charge in [0.25, 0.3) is 0 Å². The molecule has 1 amide bonds. The predicted octanol–water partition coefficient (Wildman–Crippen LogP) is 2.22. The lowest BCUT2D eigenvalue weighted by molar-refractivity contribution is -0.117. The molecule has 1 saturated heterocycles. The van der Waals surface area contributed by atoms with Crippen LogP contribution in [0, 0.1) is 18.6 Å². The highest BCUT2D eigenvalue weighted by atomic mass is 32.2. The molecule has 3 rings (SSSR count). The Bertz CT molecular complexity index is 974. The summed E-state index contributed by atoms with van der Waals surface area (Å²) in [6.45, 7) is 2.87. The maximum absolute atomic E-state index is 13.9. The first-order valence-electron chi connectivity index (χ1n) is 8.80. The second kappa shape index (κ2) is 8.34. The molecule has 0 spiro atoms. The molecule has 0 atom stereocenters. The lowest BCUT2D eigenvalue weighted by Gasteiger charge is -2.33. The highest BCUT2D eigenvalue weighted by Crippen LogP contribution is 2.21. The van der Waals surface area contributed by atoms with Crippen LogP contribution < -0.4 is 5.32 Å². The Morgan fingerprint density at radius 1 is 1.07 bits per heavy atom. The summed E-state index contributed by atoms with van der Waals surface area (Å²) in [6.07, 6.45) is 0. The van der Waals surface area contributed by atoms with Crippen molar-refractivity contribution in [2.75, 3.05) is 38.0 Å². The summed E-state index contributed by atoms with van der Waals surface area (Å²) < 4.78 is 53.5. The lowest BCUT2D eigenvalue weighted by Crippen LogP contribution is -2.50. The summed E-state index contributed by atoms with van der Waals surface area (Å²) >= 11 is 0. The zero-order chi connectivity index (χ0) is 20.3. The Morgan fingerprint density at radius 2 is 1.79 bits per heavy atom. The van der Waals surface area contributed by atoms with Gasteiger partial charge in [0.2, 0.25) is 15.9 Å². The minimum atomic E-state index is -4.13. The van der Waals surface area contributed by atoms with E-state index >= 15 is 0 Å². The number of carbonyl (C=O) groups excluding carboxylic acids is 1. The number of hydrogen-bond acceptors (Lipinski definition) is 4. The van der Waals surface area contributed by atoms with Gasteiger partial charge in [-0.1, -0.05) is 12.1 Å². The summed E-state index contributed by atoms with van der Waals surface area (Å²) in [7, 11) is -4.13. The lowest BCUT2D eigenvalue weighted by atomic mass is 10.2. The standard InChI is InChI=1S/C19H21F2N3O3S/c1-14-3-2-4-16(11-14)22-19(25)13-23-7-9-24(10-8-23)28(26,27)18-12-15(20)5-6-17(18)21/h2-6,11-12H,7-10,13H2,1H3,(H,22,25). The maximum Gasteiger partial charge on any atom is 0.246 e. The minimum Gasteiger partial charge on any atom is -0.325 e. The average Bonchev–Trinajstić information content (AvgIpc) is 2.64. The fourth-order valence-electron chi connectivity index (χ4n) is 3.07. The average molecular weight is 409 g/mol. The third-order valence-electron chi connectivity index (χ3n) is 4.51. The second-order valence-corrected chi connectivity index (χ2v) is 8.58. The Morgan fingerprint density at radius 3 is 2.46 bits per heavy atom. The molecule has 0 aromatic heterocycles. The van der Waals surface area contributed by atoms with Crippen LogP contribution in [-0.4, -0.2) is 56.3 Å². The predicted molar refractivity (Wildman–Crippen MR) is 101 cm³/mol. The maximum atomic E-state index is 13.9. The fraction of sp³-hybridized carbons (Fsp3) is 0.316. The van der Waals surface area contributed by atoms with E-state index in [9.17, 15) is 22.0 Å². The van der Waals surface area contributed by atoms with Gasteiger partial charge in [-0.25, -0.2) is 17.2 Å². The number of aryl methyl sites for hydroxylation is 1. The molecule has 0 aliphatic carbocycles. The normalized spacial score (nSPS) is 16.1. The van der Waals surface area contributed by atoms with Gasteiger partial charge in [0.05, 0.1) is 6.54 Å². The molecular formula is C19H21F2N3O3S. The van der Waals surface area contributed by atoms with Crippen molar-refractivity contribution in [3.8, 4) is 0 Å². The molecule has 2 aromatic carbocycles. The summed E-state index contributed by atoms with van der Waals surface area (Å²) in [5.74, 6) is -1.99. The Kier molecular flexibility index (Phi) is 6.07. The first kappa shape index (κ1) is 20.4. The van der Waals surface area contributed by atoms with Crippen molar-refractivity contribution in [2.45, 2.75) is 11.8 Å². The highest BCUT2D eigenvalue weighted by Gasteiger charge is 2.31. The van der Waals surface area contributed by atoms with Crippen LogP contribution in [0.5, 0.6) is 0 Å². The number of rotatable bonds is 5. The second-order valence-electron chi connectivity index (χ2n) is 6.67. The van der Waals surface area contributed by atoms with Gasteiger partial charge >= 0.3 is 0 Å². The molecule has 0 bridgehead atoms. The van der Waals surface area contributed by atoms with Crippen LogP contribution in [0.4, 0.5) is 14.5 Å². The molecule has 1 aliphatic rings. The number of halogens is 2. The molecule has 0 saturated carbocycles. The number of anilines is 1. The van der Waals surface area contributed by atoms with Crippen molar-refractivity contribution in [1.29, 1.82) is 0 Å². The number of hydrogen-bond donors (Lipinski definition) is 1. The SMILES string of the molecule is Cc1cccc(NC(=O)CN2CCN(S(=O)(=O)c3cc(F)ccc3F)CC2)c1. The Balaban J connectivity index is 1.58.